The van der Waals surface area contributed by atoms with Crippen LogP contribution >= 0.6 is 0 Å². The van der Waals surface area contributed by atoms with Crippen LogP contribution in [0.2, 0.25) is 0 Å². The van der Waals surface area contributed by atoms with E-state index in [0.29, 0.717) is 11.3 Å². The molecule has 0 amide bonds. The van der Waals surface area contributed by atoms with Crippen LogP contribution in [0.1, 0.15) is 26.3 Å². The zero-order valence-electron chi connectivity index (χ0n) is 10.5. The first-order valence-electron chi connectivity index (χ1n) is 5.76. The molecule has 4 nitrogen and oxygen atoms in total. The molecule has 0 spiro atoms. The van der Waals surface area contributed by atoms with Crippen molar-refractivity contribution >= 4 is 0 Å². The van der Waals surface area contributed by atoms with Gasteiger partial charge < -0.3 is 4.74 Å². The maximum Gasteiger partial charge on any atom is 0.155 e. The van der Waals surface area contributed by atoms with Crippen molar-refractivity contribution in [3.63, 3.8) is 0 Å². The largest absolute Gasteiger partial charge is 0.485 e. The smallest absolute Gasteiger partial charge is 0.155 e. The number of ether oxygens (including phenoxy) is 1. The number of aromatic nitrogens is 1. The van der Waals surface area contributed by atoms with Crippen LogP contribution in [-0.4, -0.2) is 34.6 Å². The van der Waals surface area contributed by atoms with Crippen LogP contribution in [0.5, 0.6) is 5.75 Å². The minimum absolute atomic E-state index is 0.172. The Hall–Kier alpha value is -1.60. The number of pyridine rings is 1. The highest BCUT2D eigenvalue weighted by atomic mass is 16.5. The molecule has 0 saturated carbocycles. The van der Waals surface area contributed by atoms with E-state index in [-0.39, 0.29) is 11.6 Å². The highest BCUT2D eigenvalue weighted by Gasteiger charge is 2.35. The normalized spacial score (nSPS) is 17.3. The highest BCUT2D eigenvalue weighted by molar-refractivity contribution is 5.40. The molecule has 2 heterocycles. The van der Waals surface area contributed by atoms with E-state index in [1.807, 2.05) is 0 Å². The van der Waals surface area contributed by atoms with Gasteiger partial charge in [-0.15, -0.1) is 0 Å². The molecular formula is C13H17N3O. The van der Waals surface area contributed by atoms with Gasteiger partial charge in [0.05, 0.1) is 11.8 Å². The van der Waals surface area contributed by atoms with E-state index < -0.39 is 0 Å². The molecule has 0 atom stereocenters. The van der Waals surface area contributed by atoms with Gasteiger partial charge in [-0.05, 0) is 26.8 Å². The van der Waals surface area contributed by atoms with Gasteiger partial charge >= 0.3 is 0 Å². The van der Waals surface area contributed by atoms with E-state index >= 15 is 0 Å². The maximum absolute atomic E-state index is 8.94. The Balaban J connectivity index is 1.95. The number of hydrogen-bond acceptors (Lipinski definition) is 4. The summed E-state index contributed by atoms with van der Waals surface area (Å²) in [5, 5.41) is 8.94. The van der Waals surface area contributed by atoms with E-state index in [2.05, 4.69) is 36.7 Å². The fraction of sp³-hybridized carbons (Fsp3) is 0.538. The molecule has 0 N–H and O–H groups in total. The van der Waals surface area contributed by atoms with Gasteiger partial charge in [-0.2, -0.15) is 5.26 Å². The van der Waals surface area contributed by atoms with Gasteiger partial charge in [-0.25, -0.2) is 0 Å². The van der Waals surface area contributed by atoms with Crippen LogP contribution in [0, 0.1) is 11.3 Å². The molecule has 1 aliphatic heterocycles. The summed E-state index contributed by atoms with van der Waals surface area (Å²) in [7, 11) is 0. The quantitative estimate of drug-likeness (QED) is 0.779. The number of nitriles is 1. The lowest BCUT2D eigenvalue weighted by Crippen LogP contribution is -2.60. The molecule has 0 radical (unpaired) electrons. The second kappa shape index (κ2) is 4.34. The number of likely N-dealkylation sites (tertiary alicyclic amines) is 1. The van der Waals surface area contributed by atoms with Gasteiger partial charge in [-0.1, -0.05) is 0 Å². The Morgan fingerprint density at radius 1 is 1.47 bits per heavy atom. The fourth-order valence-electron chi connectivity index (χ4n) is 1.81. The molecule has 1 aromatic heterocycles. The minimum Gasteiger partial charge on any atom is -0.485 e. The van der Waals surface area contributed by atoms with Crippen molar-refractivity contribution in [3.05, 3.63) is 24.0 Å². The van der Waals surface area contributed by atoms with Crippen LogP contribution in [0.4, 0.5) is 0 Å². The lowest BCUT2D eigenvalue weighted by atomic mass is 9.99. The first-order valence-corrected chi connectivity index (χ1v) is 5.76. The molecule has 2 rings (SSSR count). The zero-order chi connectivity index (χ0) is 12.5. The van der Waals surface area contributed by atoms with Gasteiger partial charge in [0, 0.05) is 24.8 Å². The van der Waals surface area contributed by atoms with Crippen LogP contribution in [0.25, 0.3) is 0 Å². The molecule has 0 aliphatic carbocycles. The second-order valence-corrected chi connectivity index (χ2v) is 5.30. The molecule has 1 fully saturated rings. The monoisotopic (exact) mass is 231 g/mol. The summed E-state index contributed by atoms with van der Waals surface area (Å²) in [6.07, 6.45) is 3.39. The third-order valence-electron chi connectivity index (χ3n) is 3.00. The summed E-state index contributed by atoms with van der Waals surface area (Å²) in [4.78, 5) is 6.33. The van der Waals surface area contributed by atoms with E-state index in [1.54, 1.807) is 18.5 Å². The van der Waals surface area contributed by atoms with Crippen LogP contribution in [0.3, 0.4) is 0 Å². The Morgan fingerprint density at radius 2 is 2.18 bits per heavy atom. The van der Waals surface area contributed by atoms with Crippen molar-refractivity contribution < 1.29 is 4.74 Å². The van der Waals surface area contributed by atoms with Crippen molar-refractivity contribution in [3.8, 4) is 11.8 Å². The lowest BCUT2D eigenvalue weighted by Gasteiger charge is -2.47. The number of nitrogens with zero attached hydrogens (tertiary/aromatic N) is 3. The van der Waals surface area contributed by atoms with Gasteiger partial charge in [0.1, 0.15) is 12.2 Å². The molecule has 17 heavy (non-hydrogen) atoms. The van der Waals surface area contributed by atoms with Gasteiger partial charge in [0.2, 0.25) is 0 Å². The molecule has 0 unspecified atom stereocenters. The van der Waals surface area contributed by atoms with Crippen molar-refractivity contribution in [1.82, 2.24) is 9.88 Å². The Labute approximate surface area is 102 Å². The Morgan fingerprint density at radius 3 is 2.76 bits per heavy atom. The first kappa shape index (κ1) is 11.9. The molecule has 4 heteroatoms. The Kier molecular flexibility index (Phi) is 3.03. The summed E-state index contributed by atoms with van der Waals surface area (Å²) in [6.45, 7) is 8.38. The molecule has 90 valence electrons. The standard InChI is InChI=1S/C13H17N3O/c1-13(2,3)16-8-11(9-16)17-12-7-15-5-4-10(12)6-14/h4-5,7,11H,8-9H2,1-3H3. The molecule has 0 aromatic carbocycles. The average Bonchev–Trinajstić information content (AvgIpc) is 2.21. The molecule has 1 aliphatic rings. The third kappa shape index (κ3) is 2.56. The SMILES string of the molecule is CC(C)(C)N1CC(Oc2cnccc2C#N)C1. The summed E-state index contributed by atoms with van der Waals surface area (Å²) >= 11 is 0. The second-order valence-electron chi connectivity index (χ2n) is 5.30. The van der Waals surface area contributed by atoms with Gasteiger partial charge in [0.15, 0.2) is 5.75 Å². The van der Waals surface area contributed by atoms with Crippen LogP contribution < -0.4 is 4.74 Å². The van der Waals surface area contributed by atoms with Gasteiger partial charge in [-0.3, -0.25) is 9.88 Å². The van der Waals surface area contributed by atoms with E-state index in [4.69, 9.17) is 10.00 Å². The molecule has 1 aromatic rings. The predicted octanol–water partition coefficient (Wildman–Crippen LogP) is 1.81. The summed E-state index contributed by atoms with van der Waals surface area (Å²) in [6, 6.07) is 3.79. The molecular weight excluding hydrogens is 214 g/mol. The van der Waals surface area contributed by atoms with E-state index in [1.165, 1.54) is 0 Å². The summed E-state index contributed by atoms with van der Waals surface area (Å²) in [5.74, 6) is 0.591. The topological polar surface area (TPSA) is 49.1 Å². The van der Waals surface area contributed by atoms with E-state index in [9.17, 15) is 0 Å². The predicted molar refractivity (Wildman–Crippen MR) is 64.7 cm³/mol. The van der Waals surface area contributed by atoms with Crippen molar-refractivity contribution in [2.24, 2.45) is 0 Å². The maximum atomic E-state index is 8.94. The summed E-state index contributed by atoms with van der Waals surface area (Å²) in [5.41, 5.74) is 0.738. The van der Waals surface area contributed by atoms with Crippen LogP contribution in [-0.2, 0) is 0 Å². The van der Waals surface area contributed by atoms with Crippen molar-refractivity contribution in [1.29, 1.82) is 5.26 Å². The van der Waals surface area contributed by atoms with Crippen LogP contribution in [0.15, 0.2) is 18.5 Å². The molecule has 0 bridgehead atoms. The number of rotatable bonds is 2. The third-order valence-corrected chi connectivity index (χ3v) is 3.00. The zero-order valence-corrected chi connectivity index (χ0v) is 10.5. The van der Waals surface area contributed by atoms with Gasteiger partial charge in [0.25, 0.3) is 0 Å². The van der Waals surface area contributed by atoms with Crippen molar-refractivity contribution in [2.75, 3.05) is 13.1 Å². The first-order chi connectivity index (χ1) is 8.00. The highest BCUT2D eigenvalue weighted by Crippen LogP contribution is 2.25. The van der Waals surface area contributed by atoms with E-state index in [0.717, 1.165) is 13.1 Å². The number of hydrogen-bond donors (Lipinski definition) is 0. The average molecular weight is 231 g/mol. The van der Waals surface area contributed by atoms with Crippen molar-refractivity contribution in [2.45, 2.75) is 32.4 Å². The lowest BCUT2D eigenvalue weighted by molar-refractivity contribution is -0.0352. The summed E-state index contributed by atoms with van der Waals surface area (Å²) < 4.78 is 5.77. The Bertz CT molecular complexity index is 439. The molecule has 1 saturated heterocycles. The minimum atomic E-state index is 0.172. The fourth-order valence-corrected chi connectivity index (χ4v) is 1.81.